The van der Waals surface area contributed by atoms with Crippen molar-refractivity contribution >= 4 is 17.5 Å². The van der Waals surface area contributed by atoms with Crippen LogP contribution in [0.5, 0.6) is 0 Å². The summed E-state index contributed by atoms with van der Waals surface area (Å²) in [6.07, 6.45) is -1.03. The molecule has 2 aromatic rings. The van der Waals surface area contributed by atoms with Gasteiger partial charge >= 0.3 is 0 Å². The Kier molecular flexibility index (Phi) is 8.10. The van der Waals surface area contributed by atoms with Gasteiger partial charge in [0.1, 0.15) is 6.04 Å². The van der Waals surface area contributed by atoms with Gasteiger partial charge in [0.25, 0.3) is 11.6 Å². The van der Waals surface area contributed by atoms with Crippen LogP contribution < -0.4 is 10.6 Å². The molecule has 0 fully saturated rings. The largest absolute Gasteiger partial charge is 0.387 e. The second-order valence-corrected chi connectivity index (χ2v) is 9.13. The minimum Gasteiger partial charge on any atom is -0.387 e. The van der Waals surface area contributed by atoms with Crippen molar-refractivity contribution in [1.82, 2.24) is 10.6 Å². The van der Waals surface area contributed by atoms with Gasteiger partial charge < -0.3 is 15.7 Å². The van der Waals surface area contributed by atoms with Crippen molar-refractivity contribution in [2.45, 2.75) is 52.2 Å². The van der Waals surface area contributed by atoms with Crippen LogP contribution in [0.3, 0.4) is 0 Å². The number of nitrogens with zero attached hydrogens (tertiary/aromatic N) is 1. The zero-order valence-electron chi connectivity index (χ0n) is 19.1. The zero-order valence-corrected chi connectivity index (χ0v) is 19.1. The summed E-state index contributed by atoms with van der Waals surface area (Å²) < 4.78 is 0. The maximum Gasteiger partial charge on any atom is 0.269 e. The maximum absolute atomic E-state index is 12.7. The average molecular weight is 442 g/mol. The van der Waals surface area contributed by atoms with E-state index in [1.807, 2.05) is 26.0 Å². The van der Waals surface area contributed by atoms with Crippen LogP contribution in [0.4, 0.5) is 5.69 Å². The van der Waals surface area contributed by atoms with Gasteiger partial charge in [-0.3, -0.25) is 19.7 Å². The highest BCUT2D eigenvalue weighted by Crippen LogP contribution is 2.22. The molecule has 2 aromatic carbocycles. The van der Waals surface area contributed by atoms with Gasteiger partial charge in [-0.05, 0) is 46.7 Å². The van der Waals surface area contributed by atoms with Crippen molar-refractivity contribution in [3.8, 4) is 0 Å². The lowest BCUT2D eigenvalue weighted by molar-refractivity contribution is -0.384. The van der Waals surface area contributed by atoms with Gasteiger partial charge in [0.05, 0.1) is 11.0 Å². The first kappa shape index (κ1) is 25.0. The third-order valence-corrected chi connectivity index (χ3v) is 5.21. The van der Waals surface area contributed by atoms with Crippen molar-refractivity contribution < 1.29 is 19.6 Å². The molecule has 0 saturated carbocycles. The van der Waals surface area contributed by atoms with E-state index in [2.05, 4.69) is 31.4 Å². The fraction of sp³-hybridized carbons (Fsp3) is 0.417. The Morgan fingerprint density at radius 2 is 1.59 bits per heavy atom. The zero-order chi connectivity index (χ0) is 24.1. The predicted octanol–water partition coefficient (Wildman–Crippen LogP) is 3.50. The lowest BCUT2D eigenvalue weighted by Crippen LogP contribution is -2.50. The highest BCUT2D eigenvalue weighted by atomic mass is 16.6. The molecule has 172 valence electrons. The minimum absolute atomic E-state index is 0.0279. The topological polar surface area (TPSA) is 122 Å². The summed E-state index contributed by atoms with van der Waals surface area (Å²) in [6, 6.07) is 12.0. The van der Waals surface area contributed by atoms with Crippen LogP contribution in [0, 0.1) is 16.0 Å². The molecule has 2 amide bonds. The molecular weight excluding hydrogens is 410 g/mol. The third-order valence-electron chi connectivity index (χ3n) is 5.21. The second-order valence-electron chi connectivity index (χ2n) is 9.13. The quantitative estimate of drug-likeness (QED) is 0.428. The van der Waals surface area contributed by atoms with Gasteiger partial charge in [-0.15, -0.1) is 0 Å². The SMILES string of the molecule is CC(C)[C@H](NC(=O)c1ccc(C(C)(C)C)cc1)C(=O)NC[C@H](O)c1ccc([N+](=O)[O-])cc1. The van der Waals surface area contributed by atoms with E-state index in [0.29, 0.717) is 11.1 Å². The Bertz CT molecular complexity index is 947. The van der Waals surface area contributed by atoms with Crippen LogP contribution in [0.15, 0.2) is 48.5 Å². The summed E-state index contributed by atoms with van der Waals surface area (Å²) in [5, 5.41) is 26.5. The number of benzene rings is 2. The van der Waals surface area contributed by atoms with E-state index in [0.717, 1.165) is 5.56 Å². The van der Waals surface area contributed by atoms with E-state index in [9.17, 15) is 24.8 Å². The number of carbonyl (C=O) groups is 2. The van der Waals surface area contributed by atoms with Crippen LogP contribution in [0.2, 0.25) is 0 Å². The fourth-order valence-electron chi connectivity index (χ4n) is 3.12. The number of amides is 2. The molecule has 0 aliphatic rings. The summed E-state index contributed by atoms with van der Waals surface area (Å²) in [4.78, 5) is 35.6. The average Bonchev–Trinajstić information content (AvgIpc) is 2.74. The van der Waals surface area contributed by atoms with E-state index in [1.165, 1.54) is 24.3 Å². The lowest BCUT2D eigenvalue weighted by atomic mass is 9.86. The number of carbonyl (C=O) groups excluding carboxylic acids is 2. The van der Waals surface area contributed by atoms with Crippen LogP contribution >= 0.6 is 0 Å². The number of hydrogen-bond donors (Lipinski definition) is 3. The fourth-order valence-corrected chi connectivity index (χ4v) is 3.12. The number of nitro groups is 1. The molecule has 0 aromatic heterocycles. The van der Waals surface area contributed by atoms with E-state index in [-0.39, 0.29) is 29.5 Å². The lowest BCUT2D eigenvalue weighted by Gasteiger charge is -2.23. The Morgan fingerprint density at radius 1 is 1.03 bits per heavy atom. The van der Waals surface area contributed by atoms with Gasteiger partial charge in [-0.1, -0.05) is 46.8 Å². The van der Waals surface area contributed by atoms with Crippen LogP contribution in [0.25, 0.3) is 0 Å². The number of non-ortho nitro benzene ring substituents is 1. The van der Waals surface area contributed by atoms with Crippen molar-refractivity contribution in [3.05, 3.63) is 75.3 Å². The van der Waals surface area contributed by atoms with Crippen molar-refractivity contribution in [1.29, 1.82) is 0 Å². The van der Waals surface area contributed by atoms with Crippen molar-refractivity contribution in [2.24, 2.45) is 5.92 Å². The number of nitrogens with one attached hydrogen (secondary N) is 2. The molecule has 0 aliphatic carbocycles. The minimum atomic E-state index is -1.03. The first-order valence-electron chi connectivity index (χ1n) is 10.5. The summed E-state index contributed by atoms with van der Waals surface area (Å²) >= 11 is 0. The van der Waals surface area contributed by atoms with E-state index in [4.69, 9.17) is 0 Å². The maximum atomic E-state index is 12.7. The molecular formula is C24H31N3O5. The number of nitro benzene ring substituents is 1. The molecule has 0 aliphatic heterocycles. The molecule has 3 N–H and O–H groups in total. The van der Waals surface area contributed by atoms with Gasteiger partial charge in [-0.25, -0.2) is 0 Å². The van der Waals surface area contributed by atoms with E-state index < -0.39 is 23.0 Å². The van der Waals surface area contributed by atoms with Gasteiger partial charge in [-0.2, -0.15) is 0 Å². The molecule has 0 unspecified atom stereocenters. The normalized spacial score (nSPS) is 13.3. The number of aliphatic hydroxyl groups is 1. The molecule has 32 heavy (non-hydrogen) atoms. The van der Waals surface area contributed by atoms with Crippen LogP contribution in [0.1, 0.15) is 62.2 Å². The molecule has 2 atom stereocenters. The summed E-state index contributed by atoms with van der Waals surface area (Å²) in [6.45, 7) is 9.82. The first-order chi connectivity index (χ1) is 14.9. The Morgan fingerprint density at radius 3 is 2.06 bits per heavy atom. The van der Waals surface area contributed by atoms with Gasteiger partial charge in [0, 0.05) is 24.2 Å². The second kappa shape index (κ2) is 10.4. The molecule has 0 saturated heterocycles. The number of aliphatic hydroxyl groups excluding tert-OH is 1. The van der Waals surface area contributed by atoms with E-state index >= 15 is 0 Å². The highest BCUT2D eigenvalue weighted by molar-refractivity contribution is 5.97. The summed E-state index contributed by atoms with van der Waals surface area (Å²) in [5.41, 5.74) is 1.90. The molecule has 0 bridgehead atoms. The first-order valence-corrected chi connectivity index (χ1v) is 10.5. The van der Waals surface area contributed by atoms with Gasteiger partial charge in [0.15, 0.2) is 0 Å². The predicted molar refractivity (Wildman–Crippen MR) is 122 cm³/mol. The molecule has 0 radical (unpaired) electrons. The monoisotopic (exact) mass is 441 g/mol. The standard InChI is InChI=1S/C24H31N3O5/c1-15(2)21(26-22(29)17-6-10-18(11-7-17)24(3,4)5)23(30)25-14-20(28)16-8-12-19(13-9-16)27(31)32/h6-13,15,20-21,28H,14H2,1-5H3,(H,25,30)(H,26,29)/t20-,21-/m0/s1. The number of hydrogen-bond acceptors (Lipinski definition) is 5. The molecule has 0 heterocycles. The molecule has 8 nitrogen and oxygen atoms in total. The smallest absolute Gasteiger partial charge is 0.269 e. The Balaban J connectivity index is 1.99. The van der Waals surface area contributed by atoms with E-state index in [1.54, 1.807) is 12.1 Å². The highest BCUT2D eigenvalue weighted by Gasteiger charge is 2.25. The van der Waals surface area contributed by atoms with Crippen LogP contribution in [-0.2, 0) is 10.2 Å². The van der Waals surface area contributed by atoms with Crippen LogP contribution in [-0.4, -0.2) is 34.4 Å². The summed E-state index contributed by atoms with van der Waals surface area (Å²) in [7, 11) is 0. The molecule has 8 heteroatoms. The Hall–Kier alpha value is -3.26. The molecule has 2 rings (SSSR count). The number of rotatable bonds is 8. The third kappa shape index (κ3) is 6.62. The Labute approximate surface area is 188 Å². The van der Waals surface area contributed by atoms with Gasteiger partial charge in [0.2, 0.25) is 5.91 Å². The molecule has 0 spiro atoms. The van der Waals surface area contributed by atoms with Crippen molar-refractivity contribution in [3.63, 3.8) is 0 Å². The summed E-state index contributed by atoms with van der Waals surface area (Å²) in [5.74, 6) is -0.944. The van der Waals surface area contributed by atoms with Crippen molar-refractivity contribution in [2.75, 3.05) is 6.54 Å².